The van der Waals surface area contributed by atoms with Crippen LogP contribution in [-0.2, 0) is 10.0 Å². The summed E-state index contributed by atoms with van der Waals surface area (Å²) in [4.78, 5) is 3.32. The first-order valence-electron chi connectivity index (χ1n) is 6.79. The first-order chi connectivity index (χ1) is 10.0. The fraction of sp³-hybridized carbons (Fsp3) is 0.538. The van der Waals surface area contributed by atoms with Gasteiger partial charge < -0.3 is 5.32 Å². The van der Waals surface area contributed by atoms with Gasteiger partial charge in [-0.25, -0.2) is 13.1 Å². The molecule has 0 bridgehead atoms. The van der Waals surface area contributed by atoms with E-state index in [1.165, 1.54) is 17.8 Å². The smallest absolute Gasteiger partial charge is 0.240 e. The van der Waals surface area contributed by atoms with Crippen LogP contribution in [0.3, 0.4) is 0 Å². The molecule has 0 amide bonds. The normalized spacial score (nSPS) is 17.0. The quantitative estimate of drug-likeness (QED) is 0.757. The zero-order valence-electron chi connectivity index (χ0n) is 11.9. The molecule has 118 valence electrons. The van der Waals surface area contributed by atoms with Crippen LogP contribution in [0.15, 0.2) is 28.0 Å². The number of halogens is 1. The molecule has 0 spiro atoms. The molecular formula is C13H20ClN3O2S2. The Kier molecular flexibility index (Phi) is 6.34. The van der Waals surface area contributed by atoms with Crippen molar-refractivity contribution in [3.63, 3.8) is 0 Å². The van der Waals surface area contributed by atoms with Crippen LogP contribution in [0, 0.1) is 0 Å². The summed E-state index contributed by atoms with van der Waals surface area (Å²) in [6, 6.07) is 4.82. The fourth-order valence-corrected chi connectivity index (χ4v) is 4.15. The Bertz CT molecular complexity index is 575. The van der Waals surface area contributed by atoms with Crippen LogP contribution in [0.1, 0.15) is 0 Å². The summed E-state index contributed by atoms with van der Waals surface area (Å²) in [6.07, 6.45) is 1.90. The van der Waals surface area contributed by atoms with Gasteiger partial charge in [0.05, 0.1) is 9.92 Å². The summed E-state index contributed by atoms with van der Waals surface area (Å²) >= 11 is 7.55. The van der Waals surface area contributed by atoms with Crippen LogP contribution in [0.5, 0.6) is 0 Å². The van der Waals surface area contributed by atoms with Crippen molar-refractivity contribution in [3.8, 4) is 0 Å². The number of sulfonamides is 1. The summed E-state index contributed by atoms with van der Waals surface area (Å²) in [7, 11) is -3.49. The van der Waals surface area contributed by atoms with E-state index in [9.17, 15) is 8.42 Å². The molecule has 8 heteroatoms. The number of benzene rings is 1. The van der Waals surface area contributed by atoms with Crippen LogP contribution in [0.4, 0.5) is 0 Å². The Morgan fingerprint density at radius 2 is 2.10 bits per heavy atom. The van der Waals surface area contributed by atoms with Crippen LogP contribution in [0.25, 0.3) is 0 Å². The Morgan fingerprint density at radius 3 is 2.71 bits per heavy atom. The number of rotatable bonds is 6. The maximum Gasteiger partial charge on any atom is 0.240 e. The van der Waals surface area contributed by atoms with Crippen LogP contribution in [0.2, 0.25) is 5.02 Å². The van der Waals surface area contributed by atoms with E-state index >= 15 is 0 Å². The van der Waals surface area contributed by atoms with E-state index in [1.807, 2.05) is 6.26 Å². The van der Waals surface area contributed by atoms with E-state index in [-0.39, 0.29) is 4.90 Å². The molecule has 0 radical (unpaired) electrons. The third-order valence-electron chi connectivity index (χ3n) is 3.36. The van der Waals surface area contributed by atoms with Crippen molar-refractivity contribution < 1.29 is 8.42 Å². The zero-order chi connectivity index (χ0) is 15.3. The Morgan fingerprint density at radius 1 is 1.38 bits per heavy atom. The van der Waals surface area contributed by atoms with Gasteiger partial charge in [-0.3, -0.25) is 4.90 Å². The van der Waals surface area contributed by atoms with E-state index in [0.29, 0.717) is 11.6 Å². The zero-order valence-corrected chi connectivity index (χ0v) is 14.3. The summed E-state index contributed by atoms with van der Waals surface area (Å²) in [5.74, 6) is 0. The van der Waals surface area contributed by atoms with Gasteiger partial charge in [-0.15, -0.1) is 11.8 Å². The third-order valence-corrected chi connectivity index (χ3v) is 6.04. The highest BCUT2D eigenvalue weighted by Gasteiger charge is 2.16. The molecule has 1 aliphatic rings. The number of hydrogen-bond donors (Lipinski definition) is 2. The molecule has 0 unspecified atom stereocenters. The summed E-state index contributed by atoms with van der Waals surface area (Å²) < 4.78 is 27.1. The third kappa shape index (κ3) is 4.84. The second kappa shape index (κ2) is 7.80. The van der Waals surface area contributed by atoms with E-state index in [0.717, 1.165) is 37.6 Å². The van der Waals surface area contributed by atoms with Crippen molar-refractivity contribution in [2.24, 2.45) is 0 Å². The lowest BCUT2D eigenvalue weighted by atomic mass is 10.3. The summed E-state index contributed by atoms with van der Waals surface area (Å²) in [5, 5.41) is 3.73. The molecule has 1 aromatic rings. The second-order valence-electron chi connectivity index (χ2n) is 4.79. The van der Waals surface area contributed by atoms with Gasteiger partial charge in [0.1, 0.15) is 0 Å². The molecule has 2 rings (SSSR count). The average Bonchev–Trinajstić information content (AvgIpc) is 2.48. The van der Waals surface area contributed by atoms with Crippen molar-refractivity contribution >= 4 is 33.4 Å². The minimum absolute atomic E-state index is 0.214. The minimum Gasteiger partial charge on any atom is -0.314 e. The predicted octanol–water partition coefficient (Wildman–Crippen LogP) is 1.25. The number of piperazine rings is 1. The van der Waals surface area contributed by atoms with E-state index in [1.54, 1.807) is 12.1 Å². The molecule has 1 fully saturated rings. The van der Waals surface area contributed by atoms with Crippen LogP contribution < -0.4 is 10.0 Å². The van der Waals surface area contributed by atoms with Crippen molar-refractivity contribution in [3.05, 3.63) is 23.2 Å². The number of thioether (sulfide) groups is 1. The molecule has 1 saturated heterocycles. The highest BCUT2D eigenvalue weighted by molar-refractivity contribution is 7.98. The molecule has 0 saturated carbocycles. The van der Waals surface area contributed by atoms with Crippen LogP contribution in [-0.4, -0.2) is 58.8 Å². The Balaban J connectivity index is 1.93. The van der Waals surface area contributed by atoms with E-state index in [4.69, 9.17) is 11.6 Å². The average molecular weight is 350 g/mol. The van der Waals surface area contributed by atoms with E-state index in [2.05, 4.69) is 14.9 Å². The predicted molar refractivity (Wildman–Crippen MR) is 87.7 cm³/mol. The highest BCUT2D eigenvalue weighted by atomic mass is 35.5. The van der Waals surface area contributed by atoms with Gasteiger partial charge in [-0.2, -0.15) is 0 Å². The first kappa shape index (κ1) is 17.1. The molecule has 1 aliphatic heterocycles. The van der Waals surface area contributed by atoms with E-state index < -0.39 is 10.0 Å². The standard InChI is InChI=1S/C13H20ClN3O2S2/c1-20-13-3-2-11(10-12(13)14)21(18,19)16-6-9-17-7-4-15-5-8-17/h2-3,10,15-16H,4-9H2,1H3. The SMILES string of the molecule is CSc1ccc(S(=O)(=O)NCCN2CCNCC2)cc1Cl. The van der Waals surface area contributed by atoms with Crippen LogP contribution >= 0.6 is 23.4 Å². The fourth-order valence-electron chi connectivity index (χ4n) is 2.17. The summed E-state index contributed by atoms with van der Waals surface area (Å²) in [6.45, 7) is 4.95. The van der Waals surface area contributed by atoms with Gasteiger partial charge in [0.2, 0.25) is 10.0 Å². The minimum atomic E-state index is -3.49. The lowest BCUT2D eigenvalue weighted by Crippen LogP contribution is -2.46. The lowest BCUT2D eigenvalue weighted by molar-refractivity contribution is 0.245. The van der Waals surface area contributed by atoms with Crippen molar-refractivity contribution in [1.82, 2.24) is 14.9 Å². The molecule has 0 aromatic heterocycles. The van der Waals surface area contributed by atoms with Gasteiger partial charge in [-0.05, 0) is 24.5 Å². The summed E-state index contributed by atoms with van der Waals surface area (Å²) in [5.41, 5.74) is 0. The Hall–Kier alpha value is -0.310. The van der Waals surface area contributed by atoms with Crippen molar-refractivity contribution in [2.45, 2.75) is 9.79 Å². The number of nitrogens with one attached hydrogen (secondary N) is 2. The first-order valence-corrected chi connectivity index (χ1v) is 9.88. The van der Waals surface area contributed by atoms with Gasteiger partial charge in [0.25, 0.3) is 0 Å². The number of hydrogen-bond acceptors (Lipinski definition) is 5. The number of nitrogens with zero attached hydrogens (tertiary/aromatic N) is 1. The lowest BCUT2D eigenvalue weighted by Gasteiger charge is -2.27. The molecule has 1 aromatic carbocycles. The van der Waals surface area contributed by atoms with Gasteiger partial charge in [-0.1, -0.05) is 11.6 Å². The van der Waals surface area contributed by atoms with Crippen molar-refractivity contribution in [1.29, 1.82) is 0 Å². The molecule has 1 heterocycles. The van der Waals surface area contributed by atoms with Gasteiger partial charge in [0, 0.05) is 44.2 Å². The maximum absolute atomic E-state index is 12.2. The Labute approximate surface area is 135 Å². The topological polar surface area (TPSA) is 61.4 Å². The maximum atomic E-state index is 12.2. The van der Waals surface area contributed by atoms with Gasteiger partial charge >= 0.3 is 0 Å². The second-order valence-corrected chi connectivity index (χ2v) is 7.81. The van der Waals surface area contributed by atoms with Gasteiger partial charge in [0.15, 0.2) is 0 Å². The van der Waals surface area contributed by atoms with Crippen molar-refractivity contribution in [2.75, 3.05) is 45.5 Å². The molecule has 0 atom stereocenters. The molecule has 21 heavy (non-hydrogen) atoms. The largest absolute Gasteiger partial charge is 0.314 e. The molecule has 5 nitrogen and oxygen atoms in total. The molecular weight excluding hydrogens is 330 g/mol. The monoisotopic (exact) mass is 349 g/mol. The highest BCUT2D eigenvalue weighted by Crippen LogP contribution is 2.27. The molecule has 0 aliphatic carbocycles. The molecule has 2 N–H and O–H groups in total.